The van der Waals surface area contributed by atoms with E-state index in [1.807, 2.05) is 0 Å². The zero-order valence-electron chi connectivity index (χ0n) is 8.85. The van der Waals surface area contributed by atoms with Gasteiger partial charge in [-0.2, -0.15) is 8.78 Å². The van der Waals surface area contributed by atoms with Crippen molar-refractivity contribution in [2.75, 3.05) is 0 Å². The zero-order chi connectivity index (χ0) is 14.8. The summed E-state index contributed by atoms with van der Waals surface area (Å²) >= 11 is 0. The van der Waals surface area contributed by atoms with Gasteiger partial charge in [-0.1, -0.05) is 12.1 Å². The summed E-state index contributed by atoms with van der Waals surface area (Å²) in [5.41, 5.74) is -1.01. The fraction of sp³-hybridized carbons (Fsp3) is 0.300. The fourth-order valence-electron chi connectivity index (χ4n) is 1.13. The van der Waals surface area contributed by atoms with Crippen molar-refractivity contribution in [1.82, 2.24) is 0 Å². The average Bonchev–Trinajstić information content (AvgIpc) is 2.25. The average molecular weight is 290 g/mol. The Morgan fingerprint density at radius 3 is 2.16 bits per heavy atom. The molecule has 0 aliphatic carbocycles. The van der Waals surface area contributed by atoms with Gasteiger partial charge in [0.2, 0.25) is 5.78 Å². The first kappa shape index (κ1) is 15.3. The second kappa shape index (κ2) is 5.06. The van der Waals surface area contributed by atoms with Crippen LogP contribution in [0.25, 0.3) is 0 Å². The lowest BCUT2D eigenvalue weighted by molar-refractivity contribution is -0.274. The monoisotopic (exact) mass is 290 g/mol. The van der Waals surface area contributed by atoms with Crippen molar-refractivity contribution in [3.05, 3.63) is 29.8 Å². The zero-order valence-corrected chi connectivity index (χ0v) is 8.85. The number of benzene rings is 1. The number of rotatable bonds is 4. The highest BCUT2D eigenvalue weighted by atomic mass is 19.4. The van der Waals surface area contributed by atoms with Crippen LogP contribution in [0.3, 0.4) is 0 Å². The topological polar surface area (TPSA) is 26.3 Å². The van der Waals surface area contributed by atoms with Crippen LogP contribution in [0, 0.1) is 0 Å². The standard InChI is InChI=1S/C10H5F7O2/c11-8(12)9(13,14)7(18)5-2-1-3-6(4-5)19-10(15,16)17/h1-4,8H. The third-order valence-corrected chi connectivity index (χ3v) is 1.91. The predicted molar refractivity (Wildman–Crippen MR) is 48.4 cm³/mol. The maximum absolute atomic E-state index is 12.7. The third-order valence-electron chi connectivity index (χ3n) is 1.91. The van der Waals surface area contributed by atoms with Crippen LogP contribution < -0.4 is 4.74 Å². The molecule has 0 amide bonds. The summed E-state index contributed by atoms with van der Waals surface area (Å²) in [6.45, 7) is 0. The molecule has 0 aliphatic rings. The lowest BCUT2D eigenvalue weighted by Crippen LogP contribution is -2.36. The number of hydrogen-bond donors (Lipinski definition) is 0. The van der Waals surface area contributed by atoms with Crippen LogP contribution in [0.2, 0.25) is 0 Å². The molecule has 0 fully saturated rings. The summed E-state index contributed by atoms with van der Waals surface area (Å²) in [6.07, 6.45) is -9.35. The number of alkyl halides is 7. The first-order valence-corrected chi connectivity index (χ1v) is 4.60. The molecule has 106 valence electrons. The third kappa shape index (κ3) is 3.83. The second-order valence-electron chi connectivity index (χ2n) is 3.33. The Morgan fingerprint density at radius 2 is 1.68 bits per heavy atom. The van der Waals surface area contributed by atoms with Crippen molar-refractivity contribution in [2.24, 2.45) is 0 Å². The lowest BCUT2D eigenvalue weighted by Gasteiger charge is -2.14. The van der Waals surface area contributed by atoms with Gasteiger partial charge in [0.05, 0.1) is 0 Å². The molecule has 0 spiro atoms. The van der Waals surface area contributed by atoms with Crippen LogP contribution in [0.4, 0.5) is 30.7 Å². The molecular formula is C10H5F7O2. The number of carbonyl (C=O) groups excluding carboxylic acids is 1. The van der Waals surface area contributed by atoms with Crippen molar-refractivity contribution < 1.29 is 40.3 Å². The number of Topliss-reactive ketones (excluding diaryl/α,β-unsaturated/α-hetero) is 1. The van der Waals surface area contributed by atoms with E-state index in [0.29, 0.717) is 12.1 Å². The minimum Gasteiger partial charge on any atom is -0.406 e. The molecule has 1 rings (SSSR count). The van der Waals surface area contributed by atoms with Crippen LogP contribution in [0.5, 0.6) is 5.75 Å². The van der Waals surface area contributed by atoms with Gasteiger partial charge in [-0.05, 0) is 12.1 Å². The molecule has 0 atom stereocenters. The summed E-state index contributed by atoms with van der Waals surface area (Å²) in [6, 6.07) is 2.54. The second-order valence-corrected chi connectivity index (χ2v) is 3.33. The molecular weight excluding hydrogens is 285 g/mol. The number of ketones is 1. The molecule has 0 aliphatic heterocycles. The molecule has 9 heteroatoms. The molecule has 0 saturated heterocycles. The number of halogens is 7. The van der Waals surface area contributed by atoms with E-state index in [-0.39, 0.29) is 0 Å². The van der Waals surface area contributed by atoms with Gasteiger partial charge in [0.15, 0.2) is 0 Å². The van der Waals surface area contributed by atoms with E-state index in [1.165, 1.54) is 0 Å². The van der Waals surface area contributed by atoms with E-state index in [1.54, 1.807) is 0 Å². The fourth-order valence-corrected chi connectivity index (χ4v) is 1.13. The highest BCUT2D eigenvalue weighted by molar-refractivity contribution is 6.01. The van der Waals surface area contributed by atoms with Gasteiger partial charge in [0.1, 0.15) is 5.75 Å². The summed E-state index contributed by atoms with van der Waals surface area (Å²) in [5.74, 6) is -8.21. The van der Waals surface area contributed by atoms with Crippen molar-refractivity contribution in [1.29, 1.82) is 0 Å². The summed E-state index contributed by atoms with van der Waals surface area (Å²) in [5, 5.41) is 0. The highest BCUT2D eigenvalue weighted by Gasteiger charge is 2.49. The van der Waals surface area contributed by atoms with Crippen molar-refractivity contribution >= 4 is 5.78 Å². The van der Waals surface area contributed by atoms with Gasteiger partial charge in [-0.15, -0.1) is 13.2 Å². The van der Waals surface area contributed by atoms with Gasteiger partial charge >= 0.3 is 18.7 Å². The number of carbonyl (C=O) groups is 1. The SMILES string of the molecule is O=C(c1cccc(OC(F)(F)F)c1)C(F)(F)C(F)F. The quantitative estimate of drug-likeness (QED) is 0.624. The summed E-state index contributed by atoms with van der Waals surface area (Å²) in [7, 11) is 0. The Labute approximate surface area is 101 Å². The number of hydrogen-bond acceptors (Lipinski definition) is 2. The van der Waals surface area contributed by atoms with Gasteiger partial charge in [0.25, 0.3) is 0 Å². The molecule has 1 aromatic carbocycles. The molecule has 19 heavy (non-hydrogen) atoms. The summed E-state index contributed by atoms with van der Waals surface area (Å²) < 4.78 is 88.3. The van der Waals surface area contributed by atoms with E-state index >= 15 is 0 Å². The van der Waals surface area contributed by atoms with Crippen LogP contribution in [-0.4, -0.2) is 24.5 Å². The van der Waals surface area contributed by atoms with Crippen LogP contribution in [0.1, 0.15) is 10.4 Å². The minimum absolute atomic E-state index is 0.312. The first-order valence-electron chi connectivity index (χ1n) is 4.60. The molecule has 2 nitrogen and oxygen atoms in total. The first-order chi connectivity index (χ1) is 8.54. The minimum atomic E-state index is -5.09. The lowest BCUT2D eigenvalue weighted by atomic mass is 10.1. The highest BCUT2D eigenvalue weighted by Crippen LogP contribution is 2.29. The Balaban J connectivity index is 3.03. The van der Waals surface area contributed by atoms with Crippen molar-refractivity contribution in [2.45, 2.75) is 18.7 Å². The van der Waals surface area contributed by atoms with E-state index in [4.69, 9.17) is 0 Å². The Kier molecular flexibility index (Phi) is 4.06. The number of ether oxygens (including phenoxy) is 1. The normalized spacial score (nSPS) is 12.6. The van der Waals surface area contributed by atoms with Crippen LogP contribution in [-0.2, 0) is 0 Å². The molecule has 0 saturated carbocycles. The van der Waals surface area contributed by atoms with Crippen molar-refractivity contribution in [3.63, 3.8) is 0 Å². The van der Waals surface area contributed by atoms with Gasteiger partial charge < -0.3 is 4.74 Å². The van der Waals surface area contributed by atoms with E-state index in [9.17, 15) is 35.5 Å². The van der Waals surface area contributed by atoms with Gasteiger partial charge in [-0.25, -0.2) is 8.78 Å². The summed E-state index contributed by atoms with van der Waals surface area (Å²) in [4.78, 5) is 11.1. The van der Waals surface area contributed by atoms with Crippen LogP contribution in [0.15, 0.2) is 24.3 Å². The van der Waals surface area contributed by atoms with Crippen LogP contribution >= 0.6 is 0 Å². The Hall–Kier alpha value is -1.80. The van der Waals surface area contributed by atoms with E-state index in [2.05, 4.69) is 4.74 Å². The van der Waals surface area contributed by atoms with E-state index < -0.39 is 35.8 Å². The Morgan fingerprint density at radius 1 is 1.11 bits per heavy atom. The Bertz CT molecular complexity index is 467. The molecule has 0 heterocycles. The largest absolute Gasteiger partial charge is 0.573 e. The van der Waals surface area contributed by atoms with Gasteiger partial charge in [-0.3, -0.25) is 4.79 Å². The smallest absolute Gasteiger partial charge is 0.406 e. The molecule has 0 aromatic heterocycles. The molecule has 0 unspecified atom stereocenters. The molecule has 0 radical (unpaired) electrons. The maximum Gasteiger partial charge on any atom is 0.573 e. The maximum atomic E-state index is 12.7. The van der Waals surface area contributed by atoms with Crippen molar-refractivity contribution in [3.8, 4) is 5.75 Å². The predicted octanol–water partition coefficient (Wildman–Crippen LogP) is 3.67. The molecule has 0 N–H and O–H groups in total. The molecule has 0 bridgehead atoms. The van der Waals surface area contributed by atoms with E-state index in [0.717, 1.165) is 12.1 Å². The van der Waals surface area contributed by atoms with Gasteiger partial charge in [0, 0.05) is 5.56 Å². The molecule has 1 aromatic rings.